The van der Waals surface area contributed by atoms with Gasteiger partial charge in [0, 0.05) is 24.7 Å². The van der Waals surface area contributed by atoms with Crippen molar-refractivity contribution in [2.75, 3.05) is 13.7 Å². The Morgan fingerprint density at radius 3 is 2.68 bits per heavy atom. The van der Waals surface area contributed by atoms with Gasteiger partial charge in [-0.2, -0.15) is 0 Å². The van der Waals surface area contributed by atoms with Crippen molar-refractivity contribution in [3.63, 3.8) is 0 Å². The average molecular weight is 465 g/mol. The highest BCUT2D eigenvalue weighted by Gasteiger charge is 2.30. The summed E-state index contributed by atoms with van der Waals surface area (Å²) >= 11 is 0. The van der Waals surface area contributed by atoms with Gasteiger partial charge in [0.15, 0.2) is 5.82 Å². The van der Waals surface area contributed by atoms with Crippen molar-refractivity contribution in [3.8, 4) is 0 Å². The van der Waals surface area contributed by atoms with Crippen molar-refractivity contribution in [2.45, 2.75) is 53.4 Å². The van der Waals surface area contributed by atoms with Crippen molar-refractivity contribution in [1.82, 2.24) is 30.1 Å². The molecule has 0 aliphatic rings. The second kappa shape index (κ2) is 10.3. The first-order chi connectivity index (χ1) is 16.4. The van der Waals surface area contributed by atoms with Gasteiger partial charge in [-0.25, -0.2) is 4.68 Å². The molecule has 3 aromatic heterocycles. The average Bonchev–Trinajstić information content (AvgIpc) is 3.46. The zero-order valence-corrected chi connectivity index (χ0v) is 20.4. The molecule has 0 aliphatic heterocycles. The lowest BCUT2D eigenvalue weighted by Crippen LogP contribution is -2.35. The van der Waals surface area contributed by atoms with Crippen LogP contribution in [0.1, 0.15) is 48.2 Å². The Balaban J connectivity index is 1.75. The molecule has 0 aliphatic carbocycles. The number of fused-ring (bicyclic) bond motifs is 1. The predicted octanol–water partition coefficient (Wildman–Crippen LogP) is 3.77. The van der Waals surface area contributed by atoms with Gasteiger partial charge < -0.3 is 14.1 Å². The van der Waals surface area contributed by atoms with Crippen LogP contribution in [0.15, 0.2) is 45.8 Å². The number of benzene rings is 1. The zero-order valence-electron chi connectivity index (χ0n) is 20.4. The van der Waals surface area contributed by atoms with Gasteiger partial charge in [0.25, 0.3) is 5.56 Å². The van der Waals surface area contributed by atoms with Crippen LogP contribution in [-0.2, 0) is 24.4 Å². The lowest BCUT2D eigenvalue weighted by Gasteiger charge is -2.33. The van der Waals surface area contributed by atoms with E-state index in [-0.39, 0.29) is 17.5 Å². The first-order valence-corrected chi connectivity index (χ1v) is 11.5. The number of hydrogen-bond donors (Lipinski definition) is 1. The molecule has 0 amide bonds. The number of tetrazole rings is 1. The monoisotopic (exact) mass is 464 g/mol. The van der Waals surface area contributed by atoms with Crippen LogP contribution < -0.4 is 5.56 Å². The molecule has 9 heteroatoms. The summed E-state index contributed by atoms with van der Waals surface area (Å²) in [6.45, 7) is 10.4. The second-order valence-corrected chi connectivity index (χ2v) is 9.07. The van der Waals surface area contributed by atoms with E-state index in [1.165, 1.54) is 5.56 Å². The lowest BCUT2D eigenvalue weighted by molar-refractivity contribution is 0.112. The summed E-state index contributed by atoms with van der Waals surface area (Å²) < 4.78 is 12.7. The molecular weight excluding hydrogens is 432 g/mol. The zero-order chi connectivity index (χ0) is 24.2. The molecule has 0 radical (unpaired) electrons. The van der Waals surface area contributed by atoms with Crippen molar-refractivity contribution in [1.29, 1.82) is 0 Å². The maximum Gasteiger partial charge on any atom is 0.252 e. The van der Waals surface area contributed by atoms with Gasteiger partial charge in [-0.15, -0.1) is 5.10 Å². The van der Waals surface area contributed by atoms with Crippen molar-refractivity contribution in [2.24, 2.45) is 5.92 Å². The van der Waals surface area contributed by atoms with E-state index in [2.05, 4.69) is 52.2 Å². The van der Waals surface area contributed by atoms with Crippen LogP contribution >= 0.6 is 0 Å². The minimum atomic E-state index is -0.146. The molecule has 1 atom stereocenters. The molecule has 34 heavy (non-hydrogen) atoms. The number of ether oxygens (including phenoxy) is 1. The quantitative estimate of drug-likeness (QED) is 0.381. The van der Waals surface area contributed by atoms with Gasteiger partial charge in [-0.1, -0.05) is 13.8 Å². The van der Waals surface area contributed by atoms with E-state index in [4.69, 9.17) is 9.15 Å². The lowest BCUT2D eigenvalue weighted by atomic mass is 9.99. The summed E-state index contributed by atoms with van der Waals surface area (Å²) in [7, 11) is 1.66. The minimum Gasteiger partial charge on any atom is -0.468 e. The van der Waals surface area contributed by atoms with Crippen LogP contribution in [-0.4, -0.2) is 43.8 Å². The third kappa shape index (κ3) is 5.10. The van der Waals surface area contributed by atoms with Crippen molar-refractivity contribution < 1.29 is 9.15 Å². The van der Waals surface area contributed by atoms with Crippen LogP contribution in [0, 0.1) is 19.8 Å². The van der Waals surface area contributed by atoms with Gasteiger partial charge in [-0.3, -0.25) is 9.69 Å². The van der Waals surface area contributed by atoms with E-state index >= 15 is 0 Å². The van der Waals surface area contributed by atoms with Gasteiger partial charge in [0.1, 0.15) is 5.76 Å². The van der Waals surface area contributed by atoms with Gasteiger partial charge in [0.05, 0.1) is 32.0 Å². The van der Waals surface area contributed by atoms with Gasteiger partial charge in [-0.05, 0) is 77.0 Å². The molecule has 9 nitrogen and oxygen atoms in total. The van der Waals surface area contributed by atoms with Crippen LogP contribution in [0.2, 0.25) is 0 Å². The first kappa shape index (κ1) is 23.8. The fourth-order valence-corrected chi connectivity index (χ4v) is 4.36. The Labute approximate surface area is 198 Å². The first-order valence-electron chi connectivity index (χ1n) is 11.5. The van der Waals surface area contributed by atoms with Crippen LogP contribution in [0.3, 0.4) is 0 Å². The number of rotatable bonds is 10. The number of pyridine rings is 1. The van der Waals surface area contributed by atoms with E-state index in [9.17, 15) is 4.79 Å². The number of H-pyrrole nitrogens is 1. The van der Waals surface area contributed by atoms with E-state index in [0.717, 1.165) is 28.1 Å². The molecule has 180 valence electrons. The molecule has 1 aromatic carbocycles. The Hall–Kier alpha value is -3.30. The molecule has 1 N–H and O–H groups in total. The topological polar surface area (TPSA) is 102 Å². The van der Waals surface area contributed by atoms with Gasteiger partial charge >= 0.3 is 0 Å². The van der Waals surface area contributed by atoms with Crippen LogP contribution in [0.4, 0.5) is 0 Å². The Morgan fingerprint density at radius 2 is 1.97 bits per heavy atom. The fourth-order valence-electron chi connectivity index (χ4n) is 4.36. The number of aromatic nitrogens is 5. The molecule has 0 saturated carbocycles. The van der Waals surface area contributed by atoms with E-state index in [1.54, 1.807) is 18.1 Å². The van der Waals surface area contributed by atoms with E-state index in [1.807, 2.05) is 31.2 Å². The molecule has 4 aromatic rings. The highest BCUT2D eigenvalue weighted by atomic mass is 16.5. The van der Waals surface area contributed by atoms with E-state index in [0.29, 0.717) is 31.8 Å². The van der Waals surface area contributed by atoms with Crippen LogP contribution in [0.5, 0.6) is 0 Å². The Bertz CT molecular complexity index is 1290. The summed E-state index contributed by atoms with van der Waals surface area (Å²) in [6.07, 6.45) is 1.66. The predicted molar refractivity (Wildman–Crippen MR) is 129 cm³/mol. The number of hydrogen-bond acceptors (Lipinski definition) is 7. The van der Waals surface area contributed by atoms with Gasteiger partial charge in [0.2, 0.25) is 0 Å². The third-order valence-corrected chi connectivity index (χ3v) is 6.20. The summed E-state index contributed by atoms with van der Waals surface area (Å²) in [5, 5.41) is 13.5. The third-order valence-electron chi connectivity index (χ3n) is 6.20. The number of furan rings is 1. The molecular formula is C25H32N6O3. The summed E-state index contributed by atoms with van der Waals surface area (Å²) in [5.41, 5.74) is 3.78. The fraction of sp³-hybridized carbons (Fsp3) is 0.440. The highest BCUT2D eigenvalue weighted by molar-refractivity contribution is 5.80. The number of nitrogens with one attached hydrogen (secondary N) is 1. The minimum absolute atomic E-state index is 0.0957. The number of aromatic amines is 1. The smallest absolute Gasteiger partial charge is 0.252 e. The molecule has 3 heterocycles. The SMILES string of the molecule is COCCn1nnnc1[C@@H](C(C)C)N(Cc1ccco1)Cc1cc2cc(C)c(C)cc2[nH]c1=O. The Kier molecular flexibility index (Phi) is 7.23. The molecule has 0 saturated heterocycles. The highest BCUT2D eigenvalue weighted by Crippen LogP contribution is 2.30. The molecule has 0 bridgehead atoms. The molecule has 0 fully saturated rings. The largest absolute Gasteiger partial charge is 0.468 e. The number of methoxy groups -OCH3 is 1. The molecule has 4 rings (SSSR count). The Morgan fingerprint density at radius 1 is 1.18 bits per heavy atom. The standard InChI is InChI=1S/C25H32N6O3/c1-16(2)23(24-27-28-29-31(24)8-10-33-5)30(15-21-7-6-9-34-21)14-20-13-19-11-17(3)18(4)12-22(19)26-25(20)32/h6-7,9,11-13,16,23H,8,10,14-15H2,1-5H3,(H,26,32)/t23-/m1/s1. The maximum absolute atomic E-state index is 13.1. The molecule has 0 spiro atoms. The van der Waals surface area contributed by atoms with E-state index < -0.39 is 0 Å². The number of nitrogens with zero attached hydrogens (tertiary/aromatic N) is 5. The van der Waals surface area contributed by atoms with Crippen molar-refractivity contribution in [3.05, 3.63) is 75.2 Å². The number of aryl methyl sites for hydroxylation is 2. The summed E-state index contributed by atoms with van der Waals surface area (Å²) in [4.78, 5) is 18.4. The van der Waals surface area contributed by atoms with Crippen molar-refractivity contribution >= 4 is 10.9 Å². The normalized spacial score (nSPS) is 12.8. The van der Waals surface area contributed by atoms with Crippen LogP contribution in [0.25, 0.3) is 10.9 Å². The molecule has 0 unspecified atom stereocenters. The summed E-state index contributed by atoms with van der Waals surface area (Å²) in [5.74, 6) is 1.72. The maximum atomic E-state index is 13.1. The summed E-state index contributed by atoms with van der Waals surface area (Å²) in [6, 6.07) is 9.79. The second-order valence-electron chi connectivity index (χ2n) is 9.07.